The van der Waals surface area contributed by atoms with Gasteiger partial charge in [-0.25, -0.2) is 9.59 Å². The highest BCUT2D eigenvalue weighted by Crippen LogP contribution is 2.29. The van der Waals surface area contributed by atoms with Gasteiger partial charge in [0.15, 0.2) is 0 Å². The molecule has 1 atom stereocenters. The van der Waals surface area contributed by atoms with Gasteiger partial charge in [0.2, 0.25) is 0 Å². The molecule has 3 N–H and O–H groups in total. The van der Waals surface area contributed by atoms with E-state index < -0.39 is 12.0 Å². The van der Waals surface area contributed by atoms with Gasteiger partial charge in [0.1, 0.15) is 5.75 Å². The monoisotopic (exact) mass is 373 g/mol. The largest absolute Gasteiger partial charge is 0.497 e. The zero-order chi connectivity index (χ0) is 19.2. The van der Waals surface area contributed by atoms with E-state index in [0.717, 1.165) is 18.4 Å². The Balaban J connectivity index is 1.87. The number of hydrogen-bond donors (Lipinski definition) is 3. The summed E-state index contributed by atoms with van der Waals surface area (Å²) in [6.45, 7) is 0.426. The van der Waals surface area contributed by atoms with E-state index in [1.165, 1.54) is 26.4 Å². The second kappa shape index (κ2) is 8.90. The van der Waals surface area contributed by atoms with Crippen LogP contribution in [0.25, 0.3) is 0 Å². The Labute approximate surface area is 159 Å². The molecule has 0 spiro atoms. The minimum Gasteiger partial charge on any atom is -0.497 e. The van der Waals surface area contributed by atoms with Crippen molar-refractivity contribution in [2.75, 3.05) is 20.8 Å². The van der Waals surface area contributed by atoms with Crippen LogP contribution in [-0.4, -0.2) is 38.8 Å². The highest BCUT2D eigenvalue weighted by molar-refractivity contribution is 5.95. The molecule has 1 saturated carbocycles. The van der Waals surface area contributed by atoms with Crippen molar-refractivity contribution in [3.05, 3.63) is 41.1 Å². The molecule has 0 bridgehead atoms. The molecule has 1 aliphatic heterocycles. The summed E-state index contributed by atoms with van der Waals surface area (Å²) < 4.78 is 10.2. The fourth-order valence-corrected chi connectivity index (χ4v) is 3.71. The summed E-state index contributed by atoms with van der Waals surface area (Å²) in [5.74, 6) is 0.255. The van der Waals surface area contributed by atoms with Gasteiger partial charge in [-0.15, -0.1) is 0 Å². The maximum absolute atomic E-state index is 12.5. The van der Waals surface area contributed by atoms with Crippen LogP contribution in [0.4, 0.5) is 4.79 Å². The van der Waals surface area contributed by atoms with Crippen LogP contribution in [0.3, 0.4) is 0 Å². The maximum atomic E-state index is 12.5. The minimum atomic E-state index is -0.569. The summed E-state index contributed by atoms with van der Waals surface area (Å²) >= 11 is 0. The Kier molecular flexibility index (Phi) is 6.34. The first kappa shape index (κ1) is 19.2. The predicted octanol–water partition coefficient (Wildman–Crippen LogP) is 2.40. The average molecular weight is 373 g/mol. The van der Waals surface area contributed by atoms with Gasteiger partial charge in [-0.3, -0.25) is 0 Å². The molecular weight excluding hydrogens is 346 g/mol. The zero-order valence-corrected chi connectivity index (χ0v) is 15.8. The number of benzene rings is 1. The van der Waals surface area contributed by atoms with Gasteiger partial charge in [0.05, 0.1) is 25.8 Å². The van der Waals surface area contributed by atoms with E-state index in [4.69, 9.17) is 9.47 Å². The van der Waals surface area contributed by atoms with Crippen molar-refractivity contribution < 1.29 is 19.1 Å². The highest BCUT2D eigenvalue weighted by Gasteiger charge is 2.33. The van der Waals surface area contributed by atoms with Crippen LogP contribution < -0.4 is 20.7 Å². The fourth-order valence-electron chi connectivity index (χ4n) is 3.71. The van der Waals surface area contributed by atoms with Gasteiger partial charge in [0.25, 0.3) is 0 Å². The number of carbonyl (C=O) groups excluding carboxylic acids is 2. The maximum Gasteiger partial charge on any atom is 0.338 e. The molecule has 1 heterocycles. The molecule has 146 valence electrons. The minimum absolute atomic E-state index is 0.330. The quantitative estimate of drug-likeness (QED) is 0.667. The molecule has 0 unspecified atom stereocenters. The number of rotatable bonds is 6. The first-order valence-corrected chi connectivity index (χ1v) is 9.38. The highest BCUT2D eigenvalue weighted by atomic mass is 16.5. The lowest BCUT2D eigenvalue weighted by Gasteiger charge is -2.31. The van der Waals surface area contributed by atoms with Crippen molar-refractivity contribution in [2.24, 2.45) is 0 Å². The van der Waals surface area contributed by atoms with Crippen molar-refractivity contribution >= 4 is 12.0 Å². The lowest BCUT2D eigenvalue weighted by molar-refractivity contribution is -0.136. The van der Waals surface area contributed by atoms with Gasteiger partial charge >= 0.3 is 12.0 Å². The van der Waals surface area contributed by atoms with E-state index in [-0.39, 0.29) is 6.03 Å². The third kappa shape index (κ3) is 4.60. The Bertz CT molecular complexity index is 708. The summed E-state index contributed by atoms with van der Waals surface area (Å²) in [6.07, 6.45) is 5.93. The second-order valence-electron chi connectivity index (χ2n) is 6.90. The number of esters is 1. The number of nitrogens with one attached hydrogen (secondary N) is 3. The van der Waals surface area contributed by atoms with Crippen molar-refractivity contribution in [3.8, 4) is 5.75 Å². The van der Waals surface area contributed by atoms with Crippen LogP contribution in [0, 0.1) is 0 Å². The summed E-state index contributed by atoms with van der Waals surface area (Å²) in [6, 6.07) is 6.80. The lowest BCUT2D eigenvalue weighted by atomic mass is 9.93. The van der Waals surface area contributed by atoms with E-state index in [1.54, 1.807) is 19.2 Å². The molecule has 0 aromatic heterocycles. The topological polar surface area (TPSA) is 88.7 Å². The number of hydrogen-bond acceptors (Lipinski definition) is 5. The van der Waals surface area contributed by atoms with Gasteiger partial charge < -0.3 is 25.4 Å². The molecule has 0 radical (unpaired) electrons. The van der Waals surface area contributed by atoms with Crippen LogP contribution in [0.5, 0.6) is 5.75 Å². The lowest BCUT2D eigenvalue weighted by Crippen LogP contribution is -2.48. The Hall–Kier alpha value is -2.54. The molecule has 7 nitrogen and oxygen atoms in total. The van der Waals surface area contributed by atoms with E-state index in [1.807, 2.05) is 12.1 Å². The third-order valence-electron chi connectivity index (χ3n) is 5.18. The molecule has 27 heavy (non-hydrogen) atoms. The second-order valence-corrected chi connectivity index (χ2v) is 6.90. The number of urea groups is 1. The molecular formula is C20H27N3O4. The van der Waals surface area contributed by atoms with E-state index >= 15 is 0 Å². The SMILES string of the molecule is COC(=O)C1=C(CNC2CCCCC2)NC(=O)N[C@@H]1c1ccc(OC)cc1. The van der Waals surface area contributed by atoms with Gasteiger partial charge in [-0.1, -0.05) is 31.4 Å². The van der Waals surface area contributed by atoms with Crippen LogP contribution in [0.2, 0.25) is 0 Å². The molecule has 1 aromatic rings. The van der Waals surface area contributed by atoms with Crippen molar-refractivity contribution in [1.82, 2.24) is 16.0 Å². The zero-order valence-electron chi connectivity index (χ0n) is 15.8. The first-order chi connectivity index (χ1) is 13.1. The Morgan fingerprint density at radius 3 is 2.48 bits per heavy atom. The molecule has 7 heteroatoms. The standard InChI is InChI=1S/C20H27N3O4/c1-26-15-10-8-13(9-11-15)18-17(19(24)27-2)16(22-20(25)23-18)12-21-14-6-4-3-5-7-14/h8-11,14,18,21H,3-7,12H2,1-2H3,(H2,22,23,25)/t18-/m1/s1. The molecule has 2 aliphatic rings. The number of amides is 2. The van der Waals surface area contributed by atoms with E-state index in [0.29, 0.717) is 29.6 Å². The van der Waals surface area contributed by atoms with Crippen molar-refractivity contribution in [1.29, 1.82) is 0 Å². The summed E-state index contributed by atoms with van der Waals surface area (Å²) in [4.78, 5) is 24.7. The Morgan fingerprint density at radius 1 is 1.15 bits per heavy atom. The van der Waals surface area contributed by atoms with Crippen molar-refractivity contribution in [2.45, 2.75) is 44.2 Å². The molecule has 1 aliphatic carbocycles. The van der Waals surface area contributed by atoms with Crippen LogP contribution in [-0.2, 0) is 9.53 Å². The van der Waals surface area contributed by atoms with Crippen LogP contribution in [0.1, 0.15) is 43.7 Å². The molecule has 0 saturated heterocycles. The fraction of sp³-hybridized carbons (Fsp3) is 0.500. The normalized spacial score (nSPS) is 20.7. The van der Waals surface area contributed by atoms with E-state index in [2.05, 4.69) is 16.0 Å². The number of carbonyl (C=O) groups is 2. The number of methoxy groups -OCH3 is 2. The third-order valence-corrected chi connectivity index (χ3v) is 5.18. The number of ether oxygens (including phenoxy) is 2. The summed E-state index contributed by atoms with van der Waals surface area (Å²) in [5.41, 5.74) is 1.78. The Morgan fingerprint density at radius 2 is 1.85 bits per heavy atom. The van der Waals surface area contributed by atoms with Gasteiger partial charge in [-0.2, -0.15) is 0 Å². The average Bonchev–Trinajstić information content (AvgIpc) is 2.72. The molecule has 1 fully saturated rings. The van der Waals surface area contributed by atoms with E-state index in [9.17, 15) is 9.59 Å². The summed E-state index contributed by atoms with van der Waals surface area (Å²) in [5, 5.41) is 9.09. The van der Waals surface area contributed by atoms with Crippen LogP contribution in [0.15, 0.2) is 35.5 Å². The van der Waals surface area contributed by atoms with Gasteiger partial charge in [0, 0.05) is 18.3 Å². The molecule has 3 rings (SSSR count). The van der Waals surface area contributed by atoms with Gasteiger partial charge in [-0.05, 0) is 30.5 Å². The van der Waals surface area contributed by atoms with Crippen molar-refractivity contribution in [3.63, 3.8) is 0 Å². The molecule has 2 amide bonds. The smallest absolute Gasteiger partial charge is 0.338 e. The summed E-state index contributed by atoms with van der Waals surface area (Å²) in [7, 11) is 2.94. The molecule has 1 aromatic carbocycles. The predicted molar refractivity (Wildman–Crippen MR) is 101 cm³/mol. The van der Waals surface area contributed by atoms with Crippen LogP contribution >= 0.6 is 0 Å². The first-order valence-electron chi connectivity index (χ1n) is 9.38.